The topological polar surface area (TPSA) is 38.0 Å². The normalized spacial score (nSPS) is 13.2. The van der Waals surface area contributed by atoms with Crippen LogP contribution in [0.3, 0.4) is 0 Å². The Bertz CT molecular complexity index is 562. The number of hydrogen-bond acceptors (Lipinski definition) is 2. The number of aryl methyl sites for hydroxylation is 1. The van der Waals surface area contributed by atoms with Crippen LogP contribution < -0.4 is 11.3 Å². The van der Waals surface area contributed by atoms with Crippen LogP contribution in [0.5, 0.6) is 0 Å². The third kappa shape index (κ3) is 4.16. The van der Waals surface area contributed by atoms with Gasteiger partial charge in [0.25, 0.3) is 0 Å². The van der Waals surface area contributed by atoms with E-state index in [1.165, 1.54) is 22.3 Å². The molecule has 1 unspecified atom stereocenters. The molecule has 0 aliphatic heterocycles. The predicted octanol–water partition coefficient (Wildman–Crippen LogP) is 4.04. The second kappa shape index (κ2) is 6.42. The molecule has 0 radical (unpaired) electrons. The number of benzene rings is 2. The standard InChI is InChI=1S/C19H26N2/c1-14-5-7-15(8-6-14)13-18(21-20)16-9-11-17(12-10-16)19(2,3)4/h5-12,18,21H,13,20H2,1-4H3. The second-order valence-electron chi connectivity index (χ2n) is 6.78. The highest BCUT2D eigenvalue weighted by atomic mass is 15.2. The van der Waals surface area contributed by atoms with E-state index in [-0.39, 0.29) is 11.5 Å². The maximum absolute atomic E-state index is 5.76. The van der Waals surface area contributed by atoms with E-state index in [1.807, 2.05) is 0 Å². The summed E-state index contributed by atoms with van der Waals surface area (Å²) >= 11 is 0. The highest BCUT2D eigenvalue weighted by Crippen LogP contribution is 2.25. The summed E-state index contributed by atoms with van der Waals surface area (Å²) in [6.45, 7) is 8.79. The van der Waals surface area contributed by atoms with Gasteiger partial charge in [-0.3, -0.25) is 11.3 Å². The van der Waals surface area contributed by atoms with Gasteiger partial charge in [-0.25, -0.2) is 0 Å². The first kappa shape index (κ1) is 15.7. The highest BCUT2D eigenvalue weighted by molar-refractivity contribution is 5.31. The quantitative estimate of drug-likeness (QED) is 0.656. The SMILES string of the molecule is Cc1ccc(CC(NN)c2ccc(C(C)(C)C)cc2)cc1. The maximum atomic E-state index is 5.76. The van der Waals surface area contributed by atoms with Crippen LogP contribution in [0, 0.1) is 6.92 Å². The summed E-state index contributed by atoms with van der Waals surface area (Å²) in [5.41, 5.74) is 8.27. The molecule has 0 bridgehead atoms. The van der Waals surface area contributed by atoms with Crippen molar-refractivity contribution in [2.45, 2.75) is 45.6 Å². The molecular formula is C19H26N2. The van der Waals surface area contributed by atoms with Crippen LogP contribution in [-0.2, 0) is 11.8 Å². The Morgan fingerprint density at radius 3 is 2.00 bits per heavy atom. The monoisotopic (exact) mass is 282 g/mol. The van der Waals surface area contributed by atoms with Crippen LogP contribution in [0.1, 0.15) is 49.1 Å². The average molecular weight is 282 g/mol. The molecule has 0 heterocycles. The molecule has 0 aliphatic rings. The minimum atomic E-state index is 0.140. The fraction of sp³-hybridized carbons (Fsp3) is 0.368. The first-order valence-corrected chi connectivity index (χ1v) is 7.52. The van der Waals surface area contributed by atoms with Crippen LogP contribution >= 0.6 is 0 Å². The van der Waals surface area contributed by atoms with Crippen LogP contribution in [0.25, 0.3) is 0 Å². The van der Waals surface area contributed by atoms with E-state index >= 15 is 0 Å². The summed E-state index contributed by atoms with van der Waals surface area (Å²) in [4.78, 5) is 0. The molecule has 2 aromatic rings. The molecule has 0 amide bonds. The fourth-order valence-electron chi connectivity index (χ4n) is 2.45. The minimum Gasteiger partial charge on any atom is -0.271 e. The summed E-state index contributed by atoms with van der Waals surface area (Å²) in [6, 6.07) is 17.5. The molecule has 2 heteroatoms. The lowest BCUT2D eigenvalue weighted by Crippen LogP contribution is -2.29. The van der Waals surface area contributed by atoms with Crippen LogP contribution in [-0.4, -0.2) is 0 Å². The molecule has 21 heavy (non-hydrogen) atoms. The third-order valence-corrected chi connectivity index (χ3v) is 3.94. The Kier molecular flexibility index (Phi) is 4.81. The average Bonchev–Trinajstić information content (AvgIpc) is 2.46. The van der Waals surface area contributed by atoms with Gasteiger partial charge in [0.1, 0.15) is 0 Å². The van der Waals surface area contributed by atoms with E-state index in [9.17, 15) is 0 Å². The van der Waals surface area contributed by atoms with Crippen LogP contribution in [0.4, 0.5) is 0 Å². The number of rotatable bonds is 4. The summed E-state index contributed by atoms with van der Waals surface area (Å²) in [5.74, 6) is 5.76. The third-order valence-electron chi connectivity index (χ3n) is 3.94. The van der Waals surface area contributed by atoms with Crippen molar-refractivity contribution in [2.75, 3.05) is 0 Å². The molecule has 3 N–H and O–H groups in total. The Hall–Kier alpha value is -1.64. The fourth-order valence-corrected chi connectivity index (χ4v) is 2.45. The van der Waals surface area contributed by atoms with E-state index in [0.29, 0.717) is 0 Å². The van der Waals surface area contributed by atoms with Crippen molar-refractivity contribution in [1.82, 2.24) is 5.43 Å². The van der Waals surface area contributed by atoms with Gasteiger partial charge in [0.15, 0.2) is 0 Å². The number of hydrogen-bond donors (Lipinski definition) is 2. The Morgan fingerprint density at radius 1 is 0.952 bits per heavy atom. The number of nitrogens with two attached hydrogens (primary N) is 1. The first-order valence-electron chi connectivity index (χ1n) is 7.52. The van der Waals surface area contributed by atoms with E-state index in [4.69, 9.17) is 5.84 Å². The van der Waals surface area contributed by atoms with Crippen molar-refractivity contribution >= 4 is 0 Å². The van der Waals surface area contributed by atoms with Gasteiger partial charge in [0, 0.05) is 6.04 Å². The van der Waals surface area contributed by atoms with E-state index in [0.717, 1.165) is 6.42 Å². The second-order valence-corrected chi connectivity index (χ2v) is 6.78. The number of hydrazine groups is 1. The zero-order valence-corrected chi connectivity index (χ0v) is 13.5. The van der Waals surface area contributed by atoms with Crippen molar-refractivity contribution in [3.05, 3.63) is 70.8 Å². The van der Waals surface area contributed by atoms with Gasteiger partial charge in [-0.05, 0) is 35.4 Å². The summed E-state index contributed by atoms with van der Waals surface area (Å²) in [7, 11) is 0. The van der Waals surface area contributed by atoms with Gasteiger partial charge in [0.05, 0.1) is 0 Å². The van der Waals surface area contributed by atoms with E-state index in [2.05, 4.69) is 81.7 Å². The van der Waals surface area contributed by atoms with Crippen molar-refractivity contribution < 1.29 is 0 Å². The van der Waals surface area contributed by atoms with Crippen molar-refractivity contribution in [2.24, 2.45) is 5.84 Å². The van der Waals surface area contributed by atoms with Gasteiger partial charge in [-0.1, -0.05) is 74.9 Å². The largest absolute Gasteiger partial charge is 0.271 e. The van der Waals surface area contributed by atoms with Gasteiger partial charge >= 0.3 is 0 Å². The van der Waals surface area contributed by atoms with Crippen LogP contribution in [0.15, 0.2) is 48.5 Å². The molecular weight excluding hydrogens is 256 g/mol. The van der Waals surface area contributed by atoms with Crippen LogP contribution in [0.2, 0.25) is 0 Å². The zero-order valence-electron chi connectivity index (χ0n) is 13.5. The predicted molar refractivity (Wildman–Crippen MR) is 90.1 cm³/mol. The molecule has 0 aliphatic carbocycles. The molecule has 112 valence electrons. The minimum absolute atomic E-state index is 0.140. The molecule has 1 atom stereocenters. The molecule has 2 rings (SSSR count). The van der Waals surface area contributed by atoms with Gasteiger partial charge < -0.3 is 0 Å². The Labute approximate surface area is 128 Å². The molecule has 0 fully saturated rings. The molecule has 2 nitrogen and oxygen atoms in total. The van der Waals surface area contributed by atoms with Gasteiger partial charge in [0.2, 0.25) is 0 Å². The van der Waals surface area contributed by atoms with E-state index < -0.39 is 0 Å². The lowest BCUT2D eigenvalue weighted by Gasteiger charge is -2.21. The first-order chi connectivity index (χ1) is 9.90. The van der Waals surface area contributed by atoms with Crippen molar-refractivity contribution in [1.29, 1.82) is 0 Å². The lowest BCUT2D eigenvalue weighted by atomic mass is 9.86. The number of nitrogens with one attached hydrogen (secondary N) is 1. The smallest absolute Gasteiger partial charge is 0.0500 e. The van der Waals surface area contributed by atoms with Crippen molar-refractivity contribution in [3.8, 4) is 0 Å². The molecule has 0 aromatic heterocycles. The van der Waals surface area contributed by atoms with Gasteiger partial charge in [-0.2, -0.15) is 0 Å². The zero-order chi connectivity index (χ0) is 15.5. The molecule has 0 saturated heterocycles. The maximum Gasteiger partial charge on any atom is 0.0500 e. The molecule has 2 aromatic carbocycles. The summed E-state index contributed by atoms with van der Waals surface area (Å²) < 4.78 is 0. The molecule has 0 spiro atoms. The highest BCUT2D eigenvalue weighted by Gasteiger charge is 2.15. The molecule has 0 saturated carbocycles. The summed E-state index contributed by atoms with van der Waals surface area (Å²) in [5, 5.41) is 0. The summed E-state index contributed by atoms with van der Waals surface area (Å²) in [6.07, 6.45) is 0.894. The van der Waals surface area contributed by atoms with E-state index in [1.54, 1.807) is 0 Å². The van der Waals surface area contributed by atoms with Crippen molar-refractivity contribution in [3.63, 3.8) is 0 Å². The lowest BCUT2D eigenvalue weighted by molar-refractivity contribution is 0.549. The van der Waals surface area contributed by atoms with Gasteiger partial charge in [-0.15, -0.1) is 0 Å². The Balaban J connectivity index is 2.15. The Morgan fingerprint density at radius 2 is 1.52 bits per heavy atom.